The number of aliphatic carboxylic acids is 1. The van der Waals surface area contributed by atoms with Crippen LogP contribution in [0, 0.1) is 0 Å². The summed E-state index contributed by atoms with van der Waals surface area (Å²) in [6.07, 6.45) is 1.57. The van der Waals surface area contributed by atoms with E-state index in [1.807, 2.05) is 30.3 Å². The minimum atomic E-state index is -0.747. The third kappa shape index (κ3) is 2.87. The lowest BCUT2D eigenvalue weighted by Crippen LogP contribution is -2.39. The van der Waals surface area contributed by atoms with Crippen molar-refractivity contribution in [2.75, 3.05) is 6.54 Å². The average Bonchev–Trinajstić information content (AvgIpc) is 3.36. The zero-order chi connectivity index (χ0) is 19.1. The monoisotopic (exact) mass is 388 g/mol. The Labute approximate surface area is 167 Å². The number of hydrogen-bond acceptors (Lipinski definition) is 4. The zero-order valence-electron chi connectivity index (χ0n) is 15.3. The number of carboxylic acids is 1. The largest absolute Gasteiger partial charge is 0.480 e. The number of carboxylic acid groups (broad SMARTS) is 1. The molecule has 4 aromatic rings. The maximum atomic E-state index is 11.9. The minimum absolute atomic E-state index is 0.163. The molecule has 2 unspecified atom stereocenters. The number of benzene rings is 2. The molecule has 0 radical (unpaired) electrons. The summed E-state index contributed by atoms with van der Waals surface area (Å²) in [5.41, 5.74) is 3.00. The van der Waals surface area contributed by atoms with Gasteiger partial charge in [-0.25, -0.2) is 0 Å². The van der Waals surface area contributed by atoms with Crippen LogP contribution in [0.5, 0.6) is 0 Å². The first kappa shape index (κ1) is 17.3. The number of rotatable bonds is 4. The molecule has 0 amide bonds. The third-order valence-electron chi connectivity index (χ3n) is 5.62. The molecule has 140 valence electrons. The zero-order valence-corrected chi connectivity index (χ0v) is 16.1. The highest BCUT2D eigenvalue weighted by Crippen LogP contribution is 2.40. The molecule has 1 aliphatic rings. The van der Waals surface area contributed by atoms with E-state index in [0.29, 0.717) is 6.42 Å². The summed E-state index contributed by atoms with van der Waals surface area (Å²) in [6, 6.07) is 19.9. The molecule has 1 fully saturated rings. The second-order valence-corrected chi connectivity index (χ2v) is 8.16. The molecule has 1 N–H and O–H groups in total. The Morgan fingerprint density at radius 2 is 1.93 bits per heavy atom. The number of thiophene rings is 1. The van der Waals surface area contributed by atoms with E-state index in [9.17, 15) is 9.90 Å². The van der Waals surface area contributed by atoms with E-state index in [2.05, 4.69) is 40.6 Å². The molecule has 1 saturated heterocycles. The van der Waals surface area contributed by atoms with Crippen LogP contribution in [-0.4, -0.2) is 33.5 Å². The third-order valence-corrected chi connectivity index (χ3v) is 6.60. The minimum Gasteiger partial charge on any atom is -0.480 e. The van der Waals surface area contributed by atoms with Gasteiger partial charge in [-0.1, -0.05) is 42.5 Å². The van der Waals surface area contributed by atoms with Gasteiger partial charge in [-0.3, -0.25) is 14.7 Å². The van der Waals surface area contributed by atoms with Crippen molar-refractivity contribution in [2.45, 2.75) is 24.9 Å². The molecular formula is C23H20N2O2S. The average molecular weight is 388 g/mol. The van der Waals surface area contributed by atoms with Gasteiger partial charge in [0, 0.05) is 16.6 Å². The Morgan fingerprint density at radius 1 is 1.11 bits per heavy atom. The van der Waals surface area contributed by atoms with Gasteiger partial charge in [-0.05, 0) is 47.4 Å². The maximum absolute atomic E-state index is 11.9. The number of fused-ring (bicyclic) bond motifs is 2. The number of nitrogens with zero attached hydrogens (tertiary/aromatic N) is 2. The Balaban J connectivity index is 1.71. The second-order valence-electron chi connectivity index (χ2n) is 7.25. The smallest absolute Gasteiger partial charge is 0.320 e. The lowest BCUT2D eigenvalue weighted by Gasteiger charge is -2.31. The van der Waals surface area contributed by atoms with Crippen LogP contribution >= 0.6 is 11.3 Å². The molecule has 5 rings (SSSR count). The highest BCUT2D eigenvalue weighted by Gasteiger charge is 2.38. The van der Waals surface area contributed by atoms with E-state index in [1.54, 1.807) is 11.3 Å². The molecule has 4 nitrogen and oxygen atoms in total. The number of aromatic nitrogens is 1. The molecule has 5 heteroatoms. The van der Waals surface area contributed by atoms with E-state index in [0.717, 1.165) is 35.1 Å². The fourth-order valence-corrected chi connectivity index (χ4v) is 5.30. The first-order chi connectivity index (χ1) is 13.7. The highest BCUT2D eigenvalue weighted by molar-refractivity contribution is 7.17. The molecule has 0 spiro atoms. The van der Waals surface area contributed by atoms with Gasteiger partial charge >= 0.3 is 5.97 Å². The molecule has 2 aromatic carbocycles. The van der Waals surface area contributed by atoms with Crippen molar-refractivity contribution in [3.63, 3.8) is 0 Å². The number of carbonyl (C=O) groups is 1. The van der Waals surface area contributed by atoms with Gasteiger partial charge in [0.25, 0.3) is 0 Å². The number of para-hydroxylation sites is 1. The Bertz CT molecular complexity index is 1170. The SMILES string of the molecule is O=C(O)C1CCCN1C(c1ccc2ccccc2n1)c1csc2ccccc12. The summed E-state index contributed by atoms with van der Waals surface area (Å²) in [6.45, 7) is 0.764. The van der Waals surface area contributed by atoms with E-state index in [4.69, 9.17) is 4.98 Å². The molecule has 0 bridgehead atoms. The number of hydrogen-bond donors (Lipinski definition) is 1. The van der Waals surface area contributed by atoms with Crippen LogP contribution in [0.3, 0.4) is 0 Å². The predicted molar refractivity (Wildman–Crippen MR) is 113 cm³/mol. The van der Waals surface area contributed by atoms with Crippen molar-refractivity contribution in [1.29, 1.82) is 0 Å². The van der Waals surface area contributed by atoms with Crippen molar-refractivity contribution in [1.82, 2.24) is 9.88 Å². The Kier molecular flexibility index (Phi) is 4.34. The standard InChI is InChI=1S/C23H20N2O2S/c26-23(27)20-9-5-13-25(20)22(17-14-28-21-10-4-2-7-16(17)21)19-12-11-15-6-1-3-8-18(15)24-19/h1-4,6-8,10-12,14,20,22H,5,9,13H2,(H,26,27). The van der Waals surface area contributed by atoms with Crippen molar-refractivity contribution in [3.05, 3.63) is 77.3 Å². The summed E-state index contributed by atoms with van der Waals surface area (Å²) in [4.78, 5) is 19.0. The summed E-state index contributed by atoms with van der Waals surface area (Å²) in [5, 5.41) is 14.3. The van der Waals surface area contributed by atoms with Gasteiger partial charge in [0.1, 0.15) is 6.04 Å². The lowest BCUT2D eigenvalue weighted by atomic mass is 9.99. The Morgan fingerprint density at radius 3 is 2.82 bits per heavy atom. The molecule has 2 aromatic heterocycles. The van der Waals surface area contributed by atoms with Gasteiger partial charge in [-0.2, -0.15) is 0 Å². The first-order valence-electron chi connectivity index (χ1n) is 9.53. The number of likely N-dealkylation sites (tertiary alicyclic amines) is 1. The molecular weight excluding hydrogens is 368 g/mol. The van der Waals surface area contributed by atoms with Crippen LogP contribution in [0.1, 0.15) is 30.1 Å². The second kappa shape index (κ2) is 7.00. The lowest BCUT2D eigenvalue weighted by molar-refractivity contribution is -0.142. The molecule has 0 saturated carbocycles. The highest BCUT2D eigenvalue weighted by atomic mass is 32.1. The van der Waals surface area contributed by atoms with Crippen molar-refractivity contribution < 1.29 is 9.90 Å². The van der Waals surface area contributed by atoms with E-state index >= 15 is 0 Å². The molecule has 0 aliphatic carbocycles. The van der Waals surface area contributed by atoms with Crippen LogP contribution in [0.4, 0.5) is 0 Å². The van der Waals surface area contributed by atoms with Gasteiger partial charge in [0.15, 0.2) is 0 Å². The van der Waals surface area contributed by atoms with Crippen LogP contribution < -0.4 is 0 Å². The Hall–Kier alpha value is -2.76. The summed E-state index contributed by atoms with van der Waals surface area (Å²) in [5.74, 6) is -0.747. The van der Waals surface area contributed by atoms with Crippen LogP contribution in [0.2, 0.25) is 0 Å². The molecule has 1 aliphatic heterocycles. The fraction of sp³-hybridized carbons (Fsp3) is 0.217. The van der Waals surface area contributed by atoms with Crippen LogP contribution in [0.25, 0.3) is 21.0 Å². The molecule has 28 heavy (non-hydrogen) atoms. The van der Waals surface area contributed by atoms with E-state index in [1.165, 1.54) is 10.1 Å². The van der Waals surface area contributed by atoms with Gasteiger partial charge in [-0.15, -0.1) is 11.3 Å². The fourth-order valence-electron chi connectivity index (χ4n) is 4.32. The van der Waals surface area contributed by atoms with E-state index in [-0.39, 0.29) is 6.04 Å². The van der Waals surface area contributed by atoms with Crippen molar-refractivity contribution >= 4 is 38.3 Å². The van der Waals surface area contributed by atoms with Crippen LogP contribution in [0.15, 0.2) is 66.0 Å². The van der Waals surface area contributed by atoms with Crippen molar-refractivity contribution in [3.8, 4) is 0 Å². The number of pyridine rings is 1. The van der Waals surface area contributed by atoms with Crippen molar-refractivity contribution in [2.24, 2.45) is 0 Å². The van der Waals surface area contributed by atoms with Crippen LogP contribution in [-0.2, 0) is 4.79 Å². The quantitative estimate of drug-likeness (QED) is 0.529. The summed E-state index contributed by atoms with van der Waals surface area (Å²) in [7, 11) is 0. The van der Waals surface area contributed by atoms with Gasteiger partial charge in [0.05, 0.1) is 17.3 Å². The van der Waals surface area contributed by atoms with Gasteiger partial charge in [0.2, 0.25) is 0 Å². The molecule has 2 atom stereocenters. The summed E-state index contributed by atoms with van der Waals surface area (Å²) >= 11 is 1.71. The van der Waals surface area contributed by atoms with E-state index < -0.39 is 12.0 Å². The first-order valence-corrected chi connectivity index (χ1v) is 10.4. The molecule has 3 heterocycles. The summed E-state index contributed by atoms with van der Waals surface area (Å²) < 4.78 is 1.22. The predicted octanol–water partition coefficient (Wildman–Crippen LogP) is 5.09. The normalized spacial score (nSPS) is 18.6. The van der Waals surface area contributed by atoms with Gasteiger partial charge < -0.3 is 5.11 Å². The maximum Gasteiger partial charge on any atom is 0.320 e. The topological polar surface area (TPSA) is 53.4 Å².